The molecule has 0 saturated carbocycles. The average Bonchev–Trinajstić information content (AvgIpc) is 1.65. The lowest BCUT2D eigenvalue weighted by Crippen LogP contribution is -2.59. The Labute approximate surface area is 746 Å². The van der Waals surface area contributed by atoms with Crippen molar-refractivity contribution in [3.63, 3.8) is 0 Å². The fourth-order valence-electron chi connectivity index (χ4n) is 14.9. The second-order valence-electron chi connectivity index (χ2n) is 33.2. The first-order chi connectivity index (χ1) is 60.6. The van der Waals surface area contributed by atoms with Gasteiger partial charge in [-0.05, 0) is 126 Å². The molecule has 1 aliphatic heterocycles. The summed E-state index contributed by atoms with van der Waals surface area (Å²) in [4.78, 5) is 212. The molecule has 8 aromatic rings. The lowest BCUT2D eigenvalue weighted by Gasteiger charge is -2.34. The van der Waals surface area contributed by atoms with E-state index in [-0.39, 0.29) is 80.2 Å². The molecule has 0 saturated heterocycles. The molecule has 3 aromatic heterocycles. The van der Waals surface area contributed by atoms with Crippen LogP contribution in [0.3, 0.4) is 0 Å². The molecule has 17 N–H and O–H groups in total. The van der Waals surface area contributed by atoms with Crippen LogP contribution in [0.5, 0.6) is 11.5 Å². The van der Waals surface area contributed by atoms with Crippen molar-refractivity contribution in [3.8, 4) is 11.5 Å². The van der Waals surface area contributed by atoms with Gasteiger partial charge in [-0.3, -0.25) is 62.3 Å². The highest BCUT2D eigenvalue weighted by atomic mass is 32.2. The first kappa shape index (κ1) is 98.5. The second-order valence-corrected chi connectivity index (χ2v) is 35.3. The number of aromatic nitrogens is 4. The molecule has 5 aromatic carbocycles. The summed E-state index contributed by atoms with van der Waals surface area (Å²) in [6.45, 7) is 7.98. The molecule has 0 aliphatic carbocycles. The first-order valence-electron chi connectivity index (χ1n) is 42.2. The van der Waals surface area contributed by atoms with Gasteiger partial charge < -0.3 is 89.3 Å². The van der Waals surface area contributed by atoms with Gasteiger partial charge in [0.15, 0.2) is 11.6 Å². The maximum atomic E-state index is 15.7. The van der Waals surface area contributed by atoms with Gasteiger partial charge in [0.05, 0.1) is 36.9 Å². The number of phenolic OH excluding ortho intramolecular Hbond substituents is 2. The number of aromatic hydroxyl groups is 2. The second kappa shape index (κ2) is 47.3. The molecule has 678 valence electrons. The van der Waals surface area contributed by atoms with Crippen molar-refractivity contribution in [2.75, 3.05) is 45.7 Å². The van der Waals surface area contributed by atoms with E-state index in [0.717, 1.165) is 25.8 Å². The van der Waals surface area contributed by atoms with E-state index in [1.807, 2.05) is 25.1 Å². The Bertz CT molecular complexity index is 5100. The highest BCUT2D eigenvalue weighted by Gasteiger charge is 2.42. The van der Waals surface area contributed by atoms with Crippen molar-refractivity contribution in [1.82, 2.24) is 71.9 Å². The number of phenols is 2. The average molecular weight is 1780 g/mol. The van der Waals surface area contributed by atoms with Gasteiger partial charge in [0.25, 0.3) is 0 Å². The van der Waals surface area contributed by atoms with E-state index < -0.39 is 179 Å². The van der Waals surface area contributed by atoms with E-state index in [1.165, 1.54) is 125 Å². The zero-order valence-electron chi connectivity index (χ0n) is 72.6. The first-order valence-corrected chi connectivity index (χ1v) is 44.6. The number of nitrogens with one attached hydrogen (secondary N) is 9. The summed E-state index contributed by atoms with van der Waals surface area (Å²) >= 11 is 2.54. The van der Waals surface area contributed by atoms with Gasteiger partial charge in [0.1, 0.15) is 65.3 Å². The van der Waals surface area contributed by atoms with E-state index in [2.05, 4.69) is 57.2 Å². The summed E-state index contributed by atoms with van der Waals surface area (Å²) < 4.78 is 14.6. The fourth-order valence-corrected chi connectivity index (χ4v) is 16.9. The Morgan fingerprint density at radius 1 is 0.622 bits per heavy atom. The van der Waals surface area contributed by atoms with Gasteiger partial charge in [-0.15, -0.1) is 0 Å². The minimum Gasteiger partial charge on any atom is -0.508 e. The summed E-state index contributed by atoms with van der Waals surface area (Å²) in [7, 11) is 3.97. The maximum Gasteiger partial charge on any atom is 0.245 e. The Morgan fingerprint density at radius 2 is 1.20 bits per heavy atom. The molecule has 0 unspecified atom stereocenters. The molecule has 0 radical (unpaired) electrons. The number of benzene rings is 5. The molecule has 0 fully saturated rings. The summed E-state index contributed by atoms with van der Waals surface area (Å²) in [5, 5.41) is 41.2. The van der Waals surface area contributed by atoms with Gasteiger partial charge >= 0.3 is 0 Å². The van der Waals surface area contributed by atoms with Crippen LogP contribution in [0.4, 0.5) is 4.39 Å². The van der Waals surface area contributed by atoms with Crippen LogP contribution in [0, 0.1) is 17.2 Å². The van der Waals surface area contributed by atoms with Crippen LogP contribution in [0.1, 0.15) is 130 Å². The van der Waals surface area contributed by atoms with Crippen LogP contribution in [0.25, 0.3) is 11.0 Å². The van der Waals surface area contributed by atoms with Crippen molar-refractivity contribution in [1.29, 1.82) is 0 Å². The number of likely N-dealkylation sites (N-methyl/N-ethyl adjacent to an activating group) is 3. The van der Waals surface area contributed by atoms with E-state index in [1.54, 1.807) is 93.8 Å². The number of unbranched alkanes of at least 4 members (excludes halogenated alkanes) is 1. The summed E-state index contributed by atoms with van der Waals surface area (Å²) in [5.41, 5.74) is 21.7. The summed E-state index contributed by atoms with van der Waals surface area (Å²) in [5.74, 6) is -12.9. The van der Waals surface area contributed by atoms with Gasteiger partial charge in [-0.1, -0.05) is 132 Å². The Hall–Kier alpha value is -12.3. The number of H-pyrrole nitrogens is 2. The van der Waals surface area contributed by atoms with E-state index in [4.69, 9.17) is 17.2 Å². The normalized spacial score (nSPS) is 22.3. The predicted octanol–water partition coefficient (Wildman–Crippen LogP) is 5.16. The van der Waals surface area contributed by atoms with E-state index in [9.17, 15) is 33.8 Å². The quantitative estimate of drug-likeness (QED) is 0.0438. The molecule has 4 heterocycles. The lowest BCUT2D eigenvalue weighted by molar-refractivity contribution is -0.146. The molecule has 2 bridgehead atoms. The summed E-state index contributed by atoms with van der Waals surface area (Å²) in [6.07, 6.45) is 5.40. The number of primary amides is 1. The maximum absolute atomic E-state index is 15.7. The molecule has 12 atom stereocenters. The van der Waals surface area contributed by atoms with Crippen molar-refractivity contribution in [2.45, 2.75) is 190 Å². The predicted molar refractivity (Wildman–Crippen MR) is 481 cm³/mol. The number of nitrogens with zero attached hydrogens (tertiary/aromatic N) is 5. The molecule has 35 heteroatoms. The molecule has 0 spiro atoms. The minimum absolute atomic E-state index is 0.0353. The molecule has 127 heavy (non-hydrogen) atoms. The van der Waals surface area contributed by atoms with Crippen molar-refractivity contribution >= 4 is 111 Å². The molecule has 9 rings (SSSR count). The third-order valence-electron chi connectivity index (χ3n) is 22.4. The number of pyridine rings is 1. The topological polar surface area (TPSA) is 492 Å². The Morgan fingerprint density at radius 3 is 1.83 bits per heavy atom. The van der Waals surface area contributed by atoms with E-state index in [0.29, 0.717) is 69.6 Å². The number of halogens is 1. The van der Waals surface area contributed by atoms with Crippen LogP contribution < -0.4 is 54.4 Å². The lowest BCUT2D eigenvalue weighted by atomic mass is 9.80. The largest absolute Gasteiger partial charge is 0.508 e. The van der Waals surface area contributed by atoms with Crippen LogP contribution in [-0.4, -0.2) is 228 Å². The van der Waals surface area contributed by atoms with Crippen LogP contribution in [0.15, 0.2) is 164 Å². The number of thioether (sulfide) groups is 2. The third kappa shape index (κ3) is 29.1. The number of rotatable bonds is 20. The van der Waals surface area contributed by atoms with Crippen molar-refractivity contribution in [2.24, 2.45) is 28.5 Å². The molecular formula is C92H116FN17O15S2. The van der Waals surface area contributed by atoms with Crippen molar-refractivity contribution in [3.05, 3.63) is 215 Å². The minimum atomic E-state index is -1.58. The molecule has 1 aliphatic rings. The van der Waals surface area contributed by atoms with Crippen molar-refractivity contribution < 1.29 is 76.9 Å². The zero-order chi connectivity index (χ0) is 92.2. The number of carbonyl (C=O) groups excluding carboxylic acids is 13. The Balaban J connectivity index is 1.09. The number of hydrogen-bond acceptors (Lipinski definition) is 21. The number of carbonyl (C=O) groups is 13. The number of Topliss-reactive ketones (excluding diaryl/α,β-unsaturated/α-hetero) is 2. The highest BCUT2D eigenvalue weighted by Crippen LogP contribution is 2.29. The number of ketones is 2. The standard InChI is InChI=1S/C92H116FN17O15S2/c1-9-17-69(95)85(119)106-75-52-127-50-59-19-15-18-58(38-59)49-126-51-74(81(96)116)101-79(115)48-108(6)91(125)76(41-57-24-30-63(93)31-25-57)110(8)90(124)72(40-56-28-34-66(112)35-29-56)105-86(120)71(42-62-46-99-82-67(62)23-16-37-98-82)102-84(118)68(60-20-11-10-12-21-60)45-77(113)54(2)109(7)89(123)73(44-64-47-97-53-100-64)104-83(117)61(22-13-14-36-94)43-78(114)80(92(3,4)5)107-87(121)70(103-88(75)122)39-55-26-32-65(111)33-27-55/h10-12,15-16,18-21,23-35,37-38,46-47,53-54,61,68-76,80,111-112H,9,13-14,17,22,36,39-45,48-52,94-95H2,1-8H3,(H2,96,116)(H,97,100)(H,98,99)(H,101,115)(H,102,118)(H,103,122)(H,104,117)(H,105,120)(H,106,119)(H,107,121)/t54-,61+,68-,69-,70-,71-,72-,73-,74-,75-,76-,80+/m0/s1. The smallest absolute Gasteiger partial charge is 0.245 e. The number of nitrogens with two attached hydrogens (primary N) is 3. The van der Waals surface area contributed by atoms with Gasteiger partial charge in [-0.2, -0.15) is 23.5 Å². The van der Waals surface area contributed by atoms with Gasteiger partial charge in [-0.25, -0.2) is 14.4 Å². The van der Waals surface area contributed by atoms with Gasteiger partial charge in [0, 0.05) is 125 Å². The van der Waals surface area contributed by atoms with Crippen LogP contribution >= 0.6 is 23.5 Å². The molecule has 11 amide bonds. The van der Waals surface area contributed by atoms with Gasteiger partial charge in [0.2, 0.25) is 65.0 Å². The number of amides is 11. The third-order valence-corrected chi connectivity index (χ3v) is 24.6. The van der Waals surface area contributed by atoms with Crippen LogP contribution in [-0.2, 0) is 106 Å². The summed E-state index contributed by atoms with van der Waals surface area (Å²) in [6, 6.07) is 22.1. The molecule has 32 nitrogen and oxygen atoms in total. The number of aromatic amines is 2. The highest BCUT2D eigenvalue weighted by molar-refractivity contribution is 7.98. The van der Waals surface area contributed by atoms with Crippen LogP contribution in [0.2, 0.25) is 0 Å². The SMILES string of the molecule is CCC[C@H](N)C(=O)N[C@H]1CSCc2cccc(c2)CSC[C@@H](C(N)=O)NC(=O)CN(C)C(=O)[C@H](Cc2ccc(F)cc2)N(C)C(=O)[C@H](Cc2ccc(O)cc2)NC(=O)[C@H](Cc2c[nH]c3ncccc23)NC(=O)[C@H](c2ccccc2)CC(=O)[C@H](C)N(C)C(=O)[C@H](Cc2cnc[nH]2)NC(=O)[C@H](CCCCN)CC(=O)[C@H](C(C)(C)C)NC(=O)[C@H](Cc2ccc(O)cc2)NC1=O. The van der Waals surface area contributed by atoms with E-state index >= 15 is 43.2 Å². The Kier molecular flexibility index (Phi) is 36.7. The monoisotopic (exact) mass is 1780 g/mol. The molecular weight excluding hydrogens is 1670 g/mol. The number of imidazole rings is 1. The fraction of sp³-hybridized carbons (Fsp3) is 0.424. The number of fused-ring (bicyclic) bond motifs is 3. The zero-order valence-corrected chi connectivity index (χ0v) is 74.2. The number of hydrogen-bond donors (Lipinski definition) is 14.